The minimum Gasteiger partial charge on any atom is -0.494 e. The van der Waals surface area contributed by atoms with Gasteiger partial charge in [0.2, 0.25) is 0 Å². The molecule has 0 fully saturated rings. The number of hydrogen-bond acceptors (Lipinski definition) is 5. The fraction of sp³-hybridized carbons (Fsp3) is 0.222. The van der Waals surface area contributed by atoms with Crippen molar-refractivity contribution in [1.29, 1.82) is 0 Å². The van der Waals surface area contributed by atoms with E-state index in [9.17, 15) is 9.59 Å². The lowest BCUT2D eigenvalue weighted by Gasteiger charge is -2.15. The van der Waals surface area contributed by atoms with Crippen LogP contribution in [0.15, 0.2) is 72.6 Å². The molecule has 2 amide bonds. The molecule has 1 aliphatic heterocycles. The van der Waals surface area contributed by atoms with E-state index in [-0.39, 0.29) is 24.1 Å². The molecule has 0 atom stereocenters. The van der Waals surface area contributed by atoms with Crippen molar-refractivity contribution in [2.24, 2.45) is 0 Å². The average Bonchev–Trinajstić information content (AvgIpc) is 3.06. The van der Waals surface area contributed by atoms with Crippen LogP contribution >= 0.6 is 0 Å². The highest BCUT2D eigenvalue weighted by Gasteiger charge is 2.39. The number of benzene rings is 2. The minimum absolute atomic E-state index is 0.109. The van der Waals surface area contributed by atoms with Gasteiger partial charge in [0.15, 0.2) is 0 Å². The summed E-state index contributed by atoms with van der Waals surface area (Å²) in [6.07, 6.45) is 2.56. The number of amides is 2. The fourth-order valence-electron chi connectivity index (χ4n) is 3.72. The molecule has 0 unspecified atom stereocenters. The van der Waals surface area contributed by atoms with Crippen LogP contribution < -0.4 is 10.1 Å². The van der Waals surface area contributed by atoms with E-state index in [1.54, 1.807) is 18.3 Å². The number of carbonyl (C=O) groups excluding carboxylic acids is 2. The molecule has 2 heterocycles. The summed E-state index contributed by atoms with van der Waals surface area (Å²) in [7, 11) is 0. The monoisotopic (exact) mass is 441 g/mol. The molecule has 0 spiro atoms. The van der Waals surface area contributed by atoms with E-state index < -0.39 is 0 Å². The zero-order valence-corrected chi connectivity index (χ0v) is 19.1. The van der Waals surface area contributed by atoms with Crippen LogP contribution in [-0.4, -0.2) is 28.3 Å². The maximum absolute atomic E-state index is 13.5. The van der Waals surface area contributed by atoms with Gasteiger partial charge in [0.25, 0.3) is 11.8 Å². The molecule has 1 aliphatic rings. The number of nitrogens with zero attached hydrogens (tertiary/aromatic N) is 2. The molecule has 168 valence electrons. The highest BCUT2D eigenvalue weighted by molar-refractivity contribution is 6.36. The number of aromatic nitrogens is 1. The maximum Gasteiger partial charge on any atom is 0.278 e. The van der Waals surface area contributed by atoms with E-state index in [0.717, 1.165) is 29.0 Å². The average molecular weight is 442 g/mol. The van der Waals surface area contributed by atoms with Crippen LogP contribution in [0.3, 0.4) is 0 Å². The van der Waals surface area contributed by atoms with Crippen LogP contribution in [0.2, 0.25) is 0 Å². The molecule has 6 heteroatoms. The summed E-state index contributed by atoms with van der Waals surface area (Å²) >= 11 is 0. The van der Waals surface area contributed by atoms with Gasteiger partial charge in [-0.15, -0.1) is 0 Å². The molecule has 0 bridgehead atoms. The molecule has 2 aromatic carbocycles. The summed E-state index contributed by atoms with van der Waals surface area (Å²) < 4.78 is 5.67. The van der Waals surface area contributed by atoms with E-state index >= 15 is 0 Å². The number of pyridine rings is 1. The number of hydrogen-bond donors (Lipinski definition) is 1. The Balaban J connectivity index is 1.73. The normalized spacial score (nSPS) is 13.6. The van der Waals surface area contributed by atoms with E-state index in [1.165, 1.54) is 4.90 Å². The van der Waals surface area contributed by atoms with E-state index in [2.05, 4.69) is 10.3 Å². The quantitative estimate of drug-likeness (QED) is 0.505. The van der Waals surface area contributed by atoms with Crippen molar-refractivity contribution < 1.29 is 14.3 Å². The van der Waals surface area contributed by atoms with Gasteiger partial charge in [-0.05, 0) is 67.3 Å². The molecule has 0 saturated heterocycles. The molecular weight excluding hydrogens is 414 g/mol. The lowest BCUT2D eigenvalue weighted by Crippen LogP contribution is -2.32. The van der Waals surface area contributed by atoms with Crippen molar-refractivity contribution in [3.63, 3.8) is 0 Å². The van der Waals surface area contributed by atoms with Gasteiger partial charge in [-0.1, -0.05) is 37.3 Å². The van der Waals surface area contributed by atoms with Gasteiger partial charge in [0, 0.05) is 11.9 Å². The fourth-order valence-corrected chi connectivity index (χ4v) is 3.72. The summed E-state index contributed by atoms with van der Waals surface area (Å²) in [5.74, 6) is 0.0147. The number of imide groups is 1. The second-order valence-electron chi connectivity index (χ2n) is 8.01. The summed E-state index contributed by atoms with van der Waals surface area (Å²) in [5.41, 5.74) is 4.85. The second-order valence-corrected chi connectivity index (χ2v) is 8.01. The predicted octanol–water partition coefficient (Wildman–Crippen LogP) is 4.88. The Morgan fingerprint density at radius 3 is 2.42 bits per heavy atom. The lowest BCUT2D eigenvalue weighted by atomic mass is 10.0. The SMILES string of the molecule is CCCOc1ccc(C2=C(Nc3cccc(C)c3C)C(=O)N(Cc3ccccn3)C2=O)cc1. The van der Waals surface area contributed by atoms with Crippen molar-refractivity contribution >= 4 is 23.1 Å². The van der Waals surface area contributed by atoms with Crippen molar-refractivity contribution in [3.8, 4) is 5.75 Å². The molecule has 6 nitrogen and oxygen atoms in total. The number of rotatable bonds is 8. The first kappa shape index (κ1) is 22.3. The third-order valence-electron chi connectivity index (χ3n) is 5.69. The number of carbonyl (C=O) groups is 2. The van der Waals surface area contributed by atoms with E-state index in [0.29, 0.717) is 23.4 Å². The van der Waals surface area contributed by atoms with Gasteiger partial charge in [0.1, 0.15) is 11.4 Å². The predicted molar refractivity (Wildman–Crippen MR) is 128 cm³/mol. The zero-order chi connectivity index (χ0) is 23.4. The van der Waals surface area contributed by atoms with Gasteiger partial charge in [-0.3, -0.25) is 19.5 Å². The van der Waals surface area contributed by atoms with E-state index in [4.69, 9.17) is 4.74 Å². The Bertz CT molecular complexity index is 1200. The Kier molecular flexibility index (Phi) is 6.54. The molecule has 0 aliphatic carbocycles. The highest BCUT2D eigenvalue weighted by Crippen LogP contribution is 2.33. The van der Waals surface area contributed by atoms with Gasteiger partial charge in [0.05, 0.1) is 24.4 Å². The number of aryl methyl sites for hydroxylation is 1. The van der Waals surface area contributed by atoms with Gasteiger partial charge < -0.3 is 10.1 Å². The van der Waals surface area contributed by atoms with E-state index in [1.807, 2.05) is 69.3 Å². The molecule has 4 rings (SSSR count). The molecule has 0 saturated carbocycles. The van der Waals surface area contributed by atoms with Crippen molar-refractivity contribution in [2.45, 2.75) is 33.7 Å². The van der Waals surface area contributed by atoms with Crippen LogP contribution in [0, 0.1) is 13.8 Å². The van der Waals surface area contributed by atoms with Crippen molar-refractivity contribution in [1.82, 2.24) is 9.88 Å². The first-order valence-electron chi connectivity index (χ1n) is 11.1. The Morgan fingerprint density at radius 2 is 1.73 bits per heavy atom. The van der Waals surface area contributed by atoms with Crippen LogP contribution in [0.4, 0.5) is 5.69 Å². The van der Waals surface area contributed by atoms with Gasteiger partial charge in [-0.2, -0.15) is 0 Å². The highest BCUT2D eigenvalue weighted by atomic mass is 16.5. The van der Waals surface area contributed by atoms with Gasteiger partial charge >= 0.3 is 0 Å². The van der Waals surface area contributed by atoms with Crippen LogP contribution in [0.1, 0.15) is 35.7 Å². The van der Waals surface area contributed by atoms with Crippen molar-refractivity contribution in [2.75, 3.05) is 11.9 Å². The third kappa shape index (κ3) is 4.65. The Labute approximate surface area is 193 Å². The third-order valence-corrected chi connectivity index (χ3v) is 5.69. The second kappa shape index (κ2) is 9.69. The summed E-state index contributed by atoms with van der Waals surface area (Å²) in [6, 6.07) is 18.6. The molecule has 0 radical (unpaired) electrons. The van der Waals surface area contributed by atoms with Crippen LogP contribution in [0.5, 0.6) is 5.75 Å². The molecular formula is C27H27N3O3. The largest absolute Gasteiger partial charge is 0.494 e. The zero-order valence-electron chi connectivity index (χ0n) is 19.1. The first-order valence-corrected chi connectivity index (χ1v) is 11.1. The van der Waals surface area contributed by atoms with Crippen LogP contribution in [0.25, 0.3) is 5.57 Å². The number of anilines is 1. The molecule has 3 aromatic rings. The Hall–Kier alpha value is -3.93. The van der Waals surface area contributed by atoms with Crippen LogP contribution in [-0.2, 0) is 16.1 Å². The standard InChI is InChI=1S/C27H27N3O3/c1-4-16-33-22-13-11-20(12-14-22)24-25(29-23-10-7-8-18(2)19(23)3)27(32)30(26(24)31)17-21-9-5-6-15-28-21/h5-15,29H,4,16-17H2,1-3H3. The Morgan fingerprint density at radius 1 is 0.939 bits per heavy atom. The summed E-state index contributed by atoms with van der Waals surface area (Å²) in [5, 5.41) is 3.26. The number of nitrogens with one attached hydrogen (secondary N) is 1. The molecule has 33 heavy (non-hydrogen) atoms. The molecule has 1 aromatic heterocycles. The summed E-state index contributed by atoms with van der Waals surface area (Å²) in [6.45, 7) is 6.78. The van der Waals surface area contributed by atoms with Gasteiger partial charge in [-0.25, -0.2) is 0 Å². The topological polar surface area (TPSA) is 71.5 Å². The summed E-state index contributed by atoms with van der Waals surface area (Å²) in [4.78, 5) is 32.4. The number of ether oxygens (including phenoxy) is 1. The smallest absolute Gasteiger partial charge is 0.278 e. The van der Waals surface area contributed by atoms with Crippen molar-refractivity contribution in [3.05, 3.63) is 94.9 Å². The maximum atomic E-state index is 13.5. The lowest BCUT2D eigenvalue weighted by molar-refractivity contribution is -0.137. The first-order chi connectivity index (χ1) is 16.0. The minimum atomic E-state index is -0.368. The molecule has 1 N–H and O–H groups in total.